The molecule has 1 saturated heterocycles. The van der Waals surface area contributed by atoms with Gasteiger partial charge in [0.15, 0.2) is 5.69 Å². The third-order valence-electron chi connectivity index (χ3n) is 4.55. The number of nitrogens with one attached hydrogen (secondary N) is 4. The molecule has 3 rings (SSSR count). The van der Waals surface area contributed by atoms with Gasteiger partial charge in [-0.2, -0.15) is 5.26 Å². The fourth-order valence-electron chi connectivity index (χ4n) is 3.15. The van der Waals surface area contributed by atoms with Gasteiger partial charge in [-0.25, -0.2) is 20.8 Å². The molecule has 2 unspecified atom stereocenters. The molecule has 0 saturated carbocycles. The summed E-state index contributed by atoms with van der Waals surface area (Å²) in [5.41, 5.74) is 9.15. The van der Waals surface area contributed by atoms with Crippen LogP contribution < -0.4 is 26.2 Å². The fraction of sp³-hybridized carbons (Fsp3) is 0.450. The predicted octanol–water partition coefficient (Wildman–Crippen LogP) is 2.08. The zero-order valence-corrected chi connectivity index (χ0v) is 16.5. The van der Waals surface area contributed by atoms with Crippen molar-refractivity contribution in [3.05, 3.63) is 47.4 Å². The predicted molar refractivity (Wildman–Crippen MR) is 107 cm³/mol. The molecule has 1 aliphatic heterocycles. The standard InChI is InChI=1S/C20H27N7O/c1-13(2)9-22-10-14-4-5-16(18(6-14)28-3)17-7-19(27-26-17)25-20-12-23-15(8-21)11-24-20/h4-6,11-13,17,19,22,26-27H,7,9-10H2,1-3H3,(H,24,25). The lowest BCUT2D eigenvalue weighted by molar-refractivity contribution is 0.401. The van der Waals surface area contributed by atoms with Crippen molar-refractivity contribution in [2.75, 3.05) is 19.0 Å². The van der Waals surface area contributed by atoms with Crippen LogP contribution in [0.4, 0.5) is 5.82 Å². The Kier molecular flexibility index (Phi) is 6.76. The summed E-state index contributed by atoms with van der Waals surface area (Å²) in [7, 11) is 1.70. The third kappa shape index (κ3) is 5.16. The monoisotopic (exact) mass is 381 g/mol. The molecule has 8 nitrogen and oxygen atoms in total. The maximum absolute atomic E-state index is 8.80. The minimum atomic E-state index is -0.00988. The smallest absolute Gasteiger partial charge is 0.158 e. The molecule has 0 aliphatic carbocycles. The van der Waals surface area contributed by atoms with Crippen LogP contribution in [0.3, 0.4) is 0 Å². The van der Waals surface area contributed by atoms with Crippen LogP contribution in [-0.4, -0.2) is 29.8 Å². The maximum Gasteiger partial charge on any atom is 0.158 e. The van der Waals surface area contributed by atoms with E-state index in [1.807, 2.05) is 6.07 Å². The zero-order chi connectivity index (χ0) is 19.9. The highest BCUT2D eigenvalue weighted by Gasteiger charge is 2.27. The zero-order valence-electron chi connectivity index (χ0n) is 16.5. The minimum absolute atomic E-state index is 0.00988. The first-order valence-corrected chi connectivity index (χ1v) is 9.46. The Morgan fingerprint density at radius 3 is 2.82 bits per heavy atom. The SMILES string of the molecule is COc1cc(CNCC(C)C)ccc1C1CC(Nc2cnc(C#N)cn2)NN1. The molecule has 1 aliphatic rings. The van der Waals surface area contributed by atoms with Crippen LogP contribution in [0, 0.1) is 17.2 Å². The highest BCUT2D eigenvalue weighted by molar-refractivity contribution is 5.41. The van der Waals surface area contributed by atoms with Gasteiger partial charge < -0.3 is 15.4 Å². The maximum atomic E-state index is 8.80. The number of hydrogen-bond donors (Lipinski definition) is 4. The molecule has 1 aromatic carbocycles. The Bertz CT molecular complexity index is 816. The van der Waals surface area contributed by atoms with E-state index in [1.54, 1.807) is 13.3 Å². The van der Waals surface area contributed by atoms with Gasteiger partial charge in [-0.15, -0.1) is 0 Å². The van der Waals surface area contributed by atoms with E-state index in [4.69, 9.17) is 10.00 Å². The molecule has 28 heavy (non-hydrogen) atoms. The van der Waals surface area contributed by atoms with Crippen molar-refractivity contribution < 1.29 is 4.74 Å². The topological polar surface area (TPSA) is 107 Å². The molecule has 1 fully saturated rings. The van der Waals surface area contributed by atoms with E-state index in [2.05, 4.69) is 63.5 Å². The number of rotatable bonds is 8. The van der Waals surface area contributed by atoms with Gasteiger partial charge in [0.2, 0.25) is 0 Å². The average molecular weight is 381 g/mol. The molecular formula is C20H27N7O. The first-order chi connectivity index (χ1) is 13.6. The molecule has 2 aromatic rings. The molecule has 2 atom stereocenters. The lowest BCUT2D eigenvalue weighted by atomic mass is 10.0. The number of hydrogen-bond acceptors (Lipinski definition) is 8. The number of nitriles is 1. The van der Waals surface area contributed by atoms with Gasteiger partial charge in [0.1, 0.15) is 17.6 Å². The van der Waals surface area contributed by atoms with E-state index in [9.17, 15) is 0 Å². The molecule has 0 amide bonds. The van der Waals surface area contributed by atoms with E-state index in [0.717, 1.165) is 30.8 Å². The fourth-order valence-corrected chi connectivity index (χ4v) is 3.15. The molecule has 148 valence electrons. The van der Waals surface area contributed by atoms with Crippen molar-refractivity contribution in [3.8, 4) is 11.8 Å². The number of aromatic nitrogens is 2. The number of methoxy groups -OCH3 is 1. The quantitative estimate of drug-likeness (QED) is 0.551. The molecule has 0 spiro atoms. The molecule has 1 aromatic heterocycles. The van der Waals surface area contributed by atoms with Crippen molar-refractivity contribution in [2.45, 2.75) is 39.0 Å². The van der Waals surface area contributed by atoms with Crippen molar-refractivity contribution in [3.63, 3.8) is 0 Å². The second kappa shape index (κ2) is 9.46. The molecule has 4 N–H and O–H groups in total. The van der Waals surface area contributed by atoms with Gasteiger partial charge in [0, 0.05) is 18.5 Å². The van der Waals surface area contributed by atoms with Gasteiger partial charge in [-0.05, 0) is 24.1 Å². The van der Waals surface area contributed by atoms with Crippen LogP contribution in [0.5, 0.6) is 5.75 Å². The van der Waals surface area contributed by atoms with Crippen LogP contribution in [0.1, 0.15) is 43.1 Å². The van der Waals surface area contributed by atoms with Crippen molar-refractivity contribution in [1.29, 1.82) is 5.26 Å². The number of anilines is 1. The lowest BCUT2D eigenvalue weighted by Crippen LogP contribution is -2.36. The second-order valence-electron chi connectivity index (χ2n) is 7.27. The molecular weight excluding hydrogens is 354 g/mol. The van der Waals surface area contributed by atoms with Gasteiger partial charge in [0.05, 0.1) is 31.7 Å². The van der Waals surface area contributed by atoms with Crippen LogP contribution in [0.15, 0.2) is 30.6 Å². The summed E-state index contributed by atoms with van der Waals surface area (Å²) in [4.78, 5) is 8.23. The highest BCUT2D eigenvalue weighted by atomic mass is 16.5. The number of ether oxygens (including phenoxy) is 1. The summed E-state index contributed by atoms with van der Waals surface area (Å²) in [6.45, 7) is 6.21. The lowest BCUT2D eigenvalue weighted by Gasteiger charge is -2.16. The Hall–Kier alpha value is -2.73. The van der Waals surface area contributed by atoms with Gasteiger partial charge in [0.25, 0.3) is 0 Å². The van der Waals surface area contributed by atoms with Gasteiger partial charge in [-0.1, -0.05) is 26.0 Å². The Balaban J connectivity index is 1.61. The minimum Gasteiger partial charge on any atom is -0.496 e. The van der Waals surface area contributed by atoms with E-state index in [-0.39, 0.29) is 12.2 Å². The summed E-state index contributed by atoms with van der Waals surface area (Å²) in [5, 5.41) is 15.5. The van der Waals surface area contributed by atoms with Crippen molar-refractivity contribution >= 4 is 5.82 Å². The molecule has 2 heterocycles. The summed E-state index contributed by atoms with van der Waals surface area (Å²) in [6, 6.07) is 8.42. The normalized spacial score (nSPS) is 18.8. The first-order valence-electron chi connectivity index (χ1n) is 9.46. The molecule has 8 heteroatoms. The number of benzene rings is 1. The van der Waals surface area contributed by atoms with E-state index in [1.165, 1.54) is 11.8 Å². The van der Waals surface area contributed by atoms with Crippen LogP contribution in [0.2, 0.25) is 0 Å². The second-order valence-corrected chi connectivity index (χ2v) is 7.27. The molecule has 0 radical (unpaired) electrons. The van der Waals surface area contributed by atoms with Gasteiger partial charge in [-0.3, -0.25) is 0 Å². The summed E-state index contributed by atoms with van der Waals surface area (Å²) >= 11 is 0. The van der Waals surface area contributed by atoms with Crippen LogP contribution in [0.25, 0.3) is 0 Å². The Morgan fingerprint density at radius 1 is 1.29 bits per heavy atom. The van der Waals surface area contributed by atoms with E-state index in [0.29, 0.717) is 17.4 Å². The van der Waals surface area contributed by atoms with Gasteiger partial charge >= 0.3 is 0 Å². The number of hydrazine groups is 1. The molecule has 0 bridgehead atoms. The highest BCUT2D eigenvalue weighted by Crippen LogP contribution is 2.31. The van der Waals surface area contributed by atoms with E-state index >= 15 is 0 Å². The third-order valence-corrected chi connectivity index (χ3v) is 4.55. The van der Waals surface area contributed by atoms with Crippen molar-refractivity contribution in [1.82, 2.24) is 26.1 Å². The summed E-state index contributed by atoms with van der Waals surface area (Å²) in [5.74, 6) is 2.12. The average Bonchev–Trinajstić information content (AvgIpc) is 3.16. The summed E-state index contributed by atoms with van der Waals surface area (Å²) in [6.07, 6.45) is 3.82. The van der Waals surface area contributed by atoms with E-state index < -0.39 is 0 Å². The summed E-state index contributed by atoms with van der Waals surface area (Å²) < 4.78 is 5.64. The Morgan fingerprint density at radius 2 is 2.14 bits per heavy atom. The van der Waals surface area contributed by atoms with Crippen LogP contribution >= 0.6 is 0 Å². The van der Waals surface area contributed by atoms with Crippen LogP contribution in [-0.2, 0) is 6.54 Å². The number of nitrogens with zero attached hydrogens (tertiary/aromatic N) is 3. The largest absolute Gasteiger partial charge is 0.496 e. The Labute approximate surface area is 165 Å². The van der Waals surface area contributed by atoms with Crippen molar-refractivity contribution in [2.24, 2.45) is 5.92 Å². The first kappa shape index (κ1) is 20.0.